The molecule has 0 fully saturated rings. The number of fused-ring (bicyclic) bond motifs is 9. The molecule has 1 heterocycles. The van der Waals surface area contributed by atoms with E-state index in [4.69, 9.17) is 4.42 Å². The van der Waals surface area contributed by atoms with Crippen LogP contribution in [0.3, 0.4) is 0 Å². The van der Waals surface area contributed by atoms with Crippen LogP contribution in [-0.2, 0) is 0 Å². The van der Waals surface area contributed by atoms with Gasteiger partial charge in [-0.3, -0.25) is 0 Å². The maximum atomic E-state index is 6.41. The zero-order chi connectivity index (χ0) is 29.5. The number of rotatable bonds is 2. The van der Waals surface area contributed by atoms with Crippen LogP contribution in [0.25, 0.3) is 98.1 Å². The van der Waals surface area contributed by atoms with E-state index in [0.717, 1.165) is 21.9 Å². The number of hydrogen-bond acceptors (Lipinski definition) is 1. The van der Waals surface area contributed by atoms with E-state index < -0.39 is 0 Å². The van der Waals surface area contributed by atoms with Crippen molar-refractivity contribution in [2.24, 2.45) is 0 Å². The van der Waals surface area contributed by atoms with Crippen LogP contribution in [0.1, 0.15) is 0 Å². The number of furan rings is 1. The Bertz CT molecular complexity index is 2810. The third kappa shape index (κ3) is 3.56. The molecule has 0 bridgehead atoms. The molecule has 0 unspecified atom stereocenters. The molecule has 0 amide bonds. The highest BCUT2D eigenvalue weighted by Gasteiger charge is 2.20. The molecule has 1 aromatic heterocycles. The van der Waals surface area contributed by atoms with Crippen LogP contribution in [0.4, 0.5) is 0 Å². The van der Waals surface area contributed by atoms with Crippen LogP contribution in [0, 0.1) is 0 Å². The summed E-state index contributed by atoms with van der Waals surface area (Å²) < 4.78 is 6.41. The fourth-order valence-corrected chi connectivity index (χ4v) is 7.60. The van der Waals surface area contributed by atoms with Crippen molar-refractivity contribution in [3.05, 3.63) is 158 Å². The standard InChI is InChI=1S/C44H26O/c1-2-13-30-26-41-39(24-29(30)12-1)38-25-31(21-23-40(38)45-41)42-35-17-7-8-18-36(35)43(34-19-9-14-27-10-3-5-15-32(27)34)37-22-20-28-11-4-6-16-33(28)44(37)42/h1-26H. The molecule has 0 aliphatic heterocycles. The summed E-state index contributed by atoms with van der Waals surface area (Å²) in [5.41, 5.74) is 6.84. The van der Waals surface area contributed by atoms with Crippen molar-refractivity contribution < 1.29 is 4.42 Å². The zero-order valence-electron chi connectivity index (χ0n) is 24.4. The molecule has 208 valence electrons. The molecule has 10 rings (SSSR count). The largest absolute Gasteiger partial charge is 0.456 e. The molecule has 0 aliphatic carbocycles. The van der Waals surface area contributed by atoms with E-state index in [1.807, 2.05) is 0 Å². The van der Waals surface area contributed by atoms with Crippen molar-refractivity contribution in [1.82, 2.24) is 0 Å². The Morgan fingerprint density at radius 1 is 0.311 bits per heavy atom. The van der Waals surface area contributed by atoms with Gasteiger partial charge in [0, 0.05) is 10.8 Å². The quantitative estimate of drug-likeness (QED) is 0.149. The van der Waals surface area contributed by atoms with Gasteiger partial charge in [-0.1, -0.05) is 133 Å². The van der Waals surface area contributed by atoms with Gasteiger partial charge in [-0.05, 0) is 100 Å². The van der Waals surface area contributed by atoms with Crippen molar-refractivity contribution in [1.29, 1.82) is 0 Å². The van der Waals surface area contributed by atoms with Crippen LogP contribution in [0.5, 0.6) is 0 Å². The highest BCUT2D eigenvalue weighted by Crippen LogP contribution is 2.48. The van der Waals surface area contributed by atoms with E-state index in [1.54, 1.807) is 0 Å². The molecule has 0 aliphatic rings. The molecule has 0 saturated carbocycles. The lowest BCUT2D eigenvalue weighted by Gasteiger charge is -2.20. The minimum Gasteiger partial charge on any atom is -0.456 e. The molecule has 0 atom stereocenters. The zero-order valence-corrected chi connectivity index (χ0v) is 24.4. The fraction of sp³-hybridized carbons (Fsp3) is 0. The Hall–Kier alpha value is -5.92. The second kappa shape index (κ2) is 9.29. The highest BCUT2D eigenvalue weighted by molar-refractivity contribution is 6.29. The lowest BCUT2D eigenvalue weighted by Crippen LogP contribution is -1.92. The first-order valence-electron chi connectivity index (χ1n) is 15.5. The molecule has 0 saturated heterocycles. The lowest BCUT2D eigenvalue weighted by atomic mass is 9.83. The van der Waals surface area contributed by atoms with Gasteiger partial charge in [-0.15, -0.1) is 0 Å². The molecule has 0 spiro atoms. The van der Waals surface area contributed by atoms with Gasteiger partial charge in [0.2, 0.25) is 0 Å². The third-order valence-electron chi connectivity index (χ3n) is 9.60. The minimum absolute atomic E-state index is 0.912. The van der Waals surface area contributed by atoms with E-state index in [-0.39, 0.29) is 0 Å². The molecule has 1 nitrogen and oxygen atoms in total. The van der Waals surface area contributed by atoms with E-state index in [9.17, 15) is 0 Å². The summed E-state index contributed by atoms with van der Waals surface area (Å²) in [6.45, 7) is 0. The summed E-state index contributed by atoms with van der Waals surface area (Å²) in [4.78, 5) is 0. The summed E-state index contributed by atoms with van der Waals surface area (Å²) in [6.07, 6.45) is 0. The predicted octanol–water partition coefficient (Wildman–Crippen LogP) is 12.7. The Balaban J connectivity index is 1.38. The molecule has 0 radical (unpaired) electrons. The smallest absolute Gasteiger partial charge is 0.136 e. The maximum Gasteiger partial charge on any atom is 0.136 e. The van der Waals surface area contributed by atoms with Crippen LogP contribution < -0.4 is 0 Å². The van der Waals surface area contributed by atoms with Crippen molar-refractivity contribution in [2.75, 3.05) is 0 Å². The van der Waals surface area contributed by atoms with Crippen molar-refractivity contribution in [3.8, 4) is 22.3 Å². The molecular formula is C44H26O. The highest BCUT2D eigenvalue weighted by atomic mass is 16.3. The summed E-state index contributed by atoms with van der Waals surface area (Å²) in [5, 5.41) is 14.8. The van der Waals surface area contributed by atoms with Crippen LogP contribution in [-0.4, -0.2) is 0 Å². The van der Waals surface area contributed by atoms with Gasteiger partial charge in [0.25, 0.3) is 0 Å². The van der Waals surface area contributed by atoms with Crippen LogP contribution in [0.15, 0.2) is 162 Å². The number of benzene rings is 9. The Labute approximate surface area is 259 Å². The van der Waals surface area contributed by atoms with Gasteiger partial charge in [-0.25, -0.2) is 0 Å². The monoisotopic (exact) mass is 570 g/mol. The second-order valence-electron chi connectivity index (χ2n) is 12.0. The van der Waals surface area contributed by atoms with Gasteiger partial charge in [-0.2, -0.15) is 0 Å². The first kappa shape index (κ1) is 24.5. The fourth-order valence-electron chi connectivity index (χ4n) is 7.60. The van der Waals surface area contributed by atoms with Gasteiger partial charge in [0.15, 0.2) is 0 Å². The van der Waals surface area contributed by atoms with Crippen LogP contribution >= 0.6 is 0 Å². The molecule has 45 heavy (non-hydrogen) atoms. The molecular weight excluding hydrogens is 544 g/mol. The molecule has 9 aromatic carbocycles. The SMILES string of the molecule is c1ccc2cc3c(cc2c1)oc1ccc(-c2c4ccccc4c(-c4cccc5ccccc45)c4ccc5ccccc5c24)cc13. The molecule has 1 heteroatoms. The Kier molecular flexibility index (Phi) is 5.06. The van der Waals surface area contributed by atoms with E-state index >= 15 is 0 Å². The van der Waals surface area contributed by atoms with Gasteiger partial charge >= 0.3 is 0 Å². The summed E-state index contributed by atoms with van der Waals surface area (Å²) in [7, 11) is 0. The second-order valence-corrected chi connectivity index (χ2v) is 12.0. The topological polar surface area (TPSA) is 13.1 Å². The van der Waals surface area contributed by atoms with Crippen molar-refractivity contribution in [3.63, 3.8) is 0 Å². The van der Waals surface area contributed by atoms with Crippen molar-refractivity contribution in [2.45, 2.75) is 0 Å². The van der Waals surface area contributed by atoms with Gasteiger partial charge < -0.3 is 4.42 Å². The predicted molar refractivity (Wildman–Crippen MR) is 192 cm³/mol. The number of hydrogen-bond donors (Lipinski definition) is 0. The summed E-state index contributed by atoms with van der Waals surface area (Å²) >= 11 is 0. The van der Waals surface area contributed by atoms with Crippen molar-refractivity contribution >= 4 is 75.8 Å². The van der Waals surface area contributed by atoms with Gasteiger partial charge in [0.05, 0.1) is 0 Å². The average molecular weight is 571 g/mol. The molecule has 10 aromatic rings. The van der Waals surface area contributed by atoms with Crippen LogP contribution in [0.2, 0.25) is 0 Å². The summed E-state index contributed by atoms with van der Waals surface area (Å²) in [6, 6.07) is 57.5. The van der Waals surface area contributed by atoms with E-state index in [1.165, 1.54) is 76.1 Å². The normalized spacial score (nSPS) is 12.0. The molecule has 0 N–H and O–H groups in total. The lowest BCUT2D eigenvalue weighted by molar-refractivity contribution is 0.669. The van der Waals surface area contributed by atoms with E-state index in [0.29, 0.717) is 0 Å². The average Bonchev–Trinajstić information content (AvgIpc) is 3.45. The summed E-state index contributed by atoms with van der Waals surface area (Å²) in [5.74, 6) is 0. The minimum atomic E-state index is 0.912. The third-order valence-corrected chi connectivity index (χ3v) is 9.60. The first-order chi connectivity index (χ1) is 22.3. The Morgan fingerprint density at radius 2 is 0.911 bits per heavy atom. The maximum absolute atomic E-state index is 6.41. The Morgan fingerprint density at radius 3 is 1.71 bits per heavy atom. The van der Waals surface area contributed by atoms with Gasteiger partial charge in [0.1, 0.15) is 11.2 Å². The first-order valence-corrected chi connectivity index (χ1v) is 15.5. The van der Waals surface area contributed by atoms with E-state index in [2.05, 4.69) is 158 Å².